The second kappa shape index (κ2) is 4.55. The molecule has 0 radical (unpaired) electrons. The fourth-order valence-electron chi connectivity index (χ4n) is 1.16. The number of hydrogen-bond donors (Lipinski definition) is 1. The summed E-state index contributed by atoms with van der Waals surface area (Å²) in [6.07, 6.45) is 1.92. The lowest BCUT2D eigenvalue weighted by molar-refractivity contribution is 0.415. The third-order valence-electron chi connectivity index (χ3n) is 1.76. The maximum absolute atomic E-state index is 5.08. The van der Waals surface area contributed by atoms with Gasteiger partial charge in [-0.25, -0.2) is 0 Å². The summed E-state index contributed by atoms with van der Waals surface area (Å²) in [5, 5.41) is 1.18. The van der Waals surface area contributed by atoms with E-state index in [1.54, 1.807) is 7.11 Å². The van der Waals surface area contributed by atoms with E-state index in [-0.39, 0.29) is 1.43 Å². The molecule has 1 N–H and O–H groups in total. The van der Waals surface area contributed by atoms with Crippen molar-refractivity contribution >= 4 is 10.9 Å². The average molecular weight is 179 g/mol. The molecule has 1 aromatic carbocycles. The lowest BCUT2D eigenvalue weighted by Crippen LogP contribution is -1.80. The Kier molecular flexibility index (Phi) is 3.38. The number of H-pyrrole nitrogens is 1. The maximum Gasteiger partial charge on any atom is 0.119 e. The predicted octanol–water partition coefficient (Wildman–Crippen LogP) is 3.45. The number of methoxy groups -OCH3 is 1. The first-order valence-corrected chi connectivity index (χ1v) is 4.51. The molecule has 0 aliphatic carbocycles. The van der Waals surface area contributed by atoms with E-state index in [4.69, 9.17) is 4.74 Å². The van der Waals surface area contributed by atoms with Crippen molar-refractivity contribution in [2.24, 2.45) is 0 Å². The molecule has 0 aliphatic heterocycles. The van der Waals surface area contributed by atoms with E-state index in [2.05, 4.69) is 4.98 Å². The smallest absolute Gasteiger partial charge is 0.119 e. The van der Waals surface area contributed by atoms with Gasteiger partial charge in [-0.2, -0.15) is 0 Å². The minimum Gasteiger partial charge on any atom is -0.497 e. The summed E-state index contributed by atoms with van der Waals surface area (Å²) in [5.74, 6) is 0.900. The monoisotopic (exact) mass is 179 g/mol. The van der Waals surface area contributed by atoms with Crippen LogP contribution in [0.5, 0.6) is 5.75 Å². The minimum atomic E-state index is 0. The van der Waals surface area contributed by atoms with E-state index in [0.29, 0.717) is 0 Å². The van der Waals surface area contributed by atoms with Gasteiger partial charge < -0.3 is 9.72 Å². The number of aromatic nitrogens is 1. The van der Waals surface area contributed by atoms with Crippen LogP contribution in [0, 0.1) is 0 Å². The summed E-state index contributed by atoms with van der Waals surface area (Å²) in [4.78, 5) is 3.12. The van der Waals surface area contributed by atoms with Gasteiger partial charge in [0.1, 0.15) is 5.75 Å². The number of hydrogen-bond acceptors (Lipinski definition) is 1. The first kappa shape index (κ1) is 9.65. The molecular formula is C11H17NO. The Labute approximate surface area is 80.0 Å². The maximum atomic E-state index is 5.08. The Balaban J connectivity index is 0.000000531. The molecular weight excluding hydrogens is 162 g/mol. The minimum absolute atomic E-state index is 0. The molecule has 0 aliphatic rings. The number of aromatic amines is 1. The van der Waals surface area contributed by atoms with Gasteiger partial charge in [-0.15, -0.1) is 0 Å². The molecule has 0 saturated heterocycles. The molecule has 2 heteroatoms. The molecule has 0 unspecified atom stereocenters. The van der Waals surface area contributed by atoms with Crippen LogP contribution in [-0.2, 0) is 0 Å². The van der Waals surface area contributed by atoms with E-state index >= 15 is 0 Å². The van der Waals surface area contributed by atoms with Crippen molar-refractivity contribution < 1.29 is 6.16 Å². The van der Waals surface area contributed by atoms with Crippen LogP contribution in [0.1, 0.15) is 15.3 Å². The Bertz CT molecular complexity index is 370. The first-order chi connectivity index (χ1) is 6.40. The molecule has 0 amide bonds. The normalized spacial score (nSPS) is 9.15. The highest BCUT2D eigenvalue weighted by atomic mass is 16.5. The Morgan fingerprint density at radius 2 is 2.00 bits per heavy atom. The largest absolute Gasteiger partial charge is 0.497 e. The summed E-state index contributed by atoms with van der Waals surface area (Å²) in [5.41, 5.74) is 1.14. The van der Waals surface area contributed by atoms with Crippen molar-refractivity contribution in [2.75, 3.05) is 7.11 Å². The third kappa shape index (κ3) is 2.02. The average Bonchev–Trinajstić information content (AvgIpc) is 2.67. The van der Waals surface area contributed by atoms with Crippen LogP contribution in [-0.4, -0.2) is 12.1 Å². The van der Waals surface area contributed by atoms with Crippen molar-refractivity contribution in [2.45, 2.75) is 13.8 Å². The number of fused-ring (bicyclic) bond motifs is 1. The second-order valence-corrected chi connectivity index (χ2v) is 2.43. The van der Waals surface area contributed by atoms with Gasteiger partial charge in [-0.05, 0) is 24.3 Å². The summed E-state index contributed by atoms with van der Waals surface area (Å²) >= 11 is 0. The topological polar surface area (TPSA) is 25.0 Å². The zero-order chi connectivity index (χ0) is 9.68. The molecule has 0 spiro atoms. The van der Waals surface area contributed by atoms with E-state index in [1.807, 2.05) is 44.3 Å². The molecule has 72 valence electrons. The number of benzene rings is 1. The van der Waals surface area contributed by atoms with E-state index in [0.717, 1.165) is 11.3 Å². The highest BCUT2D eigenvalue weighted by molar-refractivity contribution is 5.80. The fourth-order valence-corrected chi connectivity index (χ4v) is 1.16. The lowest BCUT2D eigenvalue weighted by Gasteiger charge is -1.97. The van der Waals surface area contributed by atoms with Gasteiger partial charge in [-0.3, -0.25) is 0 Å². The molecule has 2 rings (SSSR count). The van der Waals surface area contributed by atoms with Gasteiger partial charge in [0.25, 0.3) is 0 Å². The molecule has 2 aromatic rings. The van der Waals surface area contributed by atoms with E-state index in [9.17, 15) is 0 Å². The summed E-state index contributed by atoms with van der Waals surface area (Å²) in [6, 6.07) is 7.98. The highest BCUT2D eigenvalue weighted by Crippen LogP contribution is 2.18. The molecule has 13 heavy (non-hydrogen) atoms. The van der Waals surface area contributed by atoms with Crippen LogP contribution < -0.4 is 4.74 Å². The summed E-state index contributed by atoms with van der Waals surface area (Å²) in [6.45, 7) is 4.00. The van der Waals surface area contributed by atoms with Crippen molar-refractivity contribution in [3.8, 4) is 5.75 Å². The van der Waals surface area contributed by atoms with Gasteiger partial charge in [-0.1, -0.05) is 13.8 Å². The van der Waals surface area contributed by atoms with Gasteiger partial charge in [0, 0.05) is 18.5 Å². The Hall–Kier alpha value is -1.44. The molecule has 1 aromatic heterocycles. The van der Waals surface area contributed by atoms with Gasteiger partial charge >= 0.3 is 0 Å². The van der Waals surface area contributed by atoms with Crippen LogP contribution >= 0.6 is 0 Å². The molecule has 0 atom stereocenters. The molecule has 0 fully saturated rings. The SMILES string of the molecule is CC.COc1ccc2[nH]ccc2c1.[HH]. The third-order valence-corrected chi connectivity index (χ3v) is 1.76. The fraction of sp³-hybridized carbons (Fsp3) is 0.273. The first-order valence-electron chi connectivity index (χ1n) is 4.51. The van der Waals surface area contributed by atoms with Gasteiger partial charge in [0.05, 0.1) is 7.11 Å². The summed E-state index contributed by atoms with van der Waals surface area (Å²) in [7, 11) is 1.67. The zero-order valence-electron chi connectivity index (χ0n) is 8.29. The van der Waals surface area contributed by atoms with E-state index in [1.165, 1.54) is 5.39 Å². The lowest BCUT2D eigenvalue weighted by atomic mass is 10.2. The van der Waals surface area contributed by atoms with E-state index < -0.39 is 0 Å². The summed E-state index contributed by atoms with van der Waals surface area (Å²) < 4.78 is 5.08. The molecule has 2 nitrogen and oxygen atoms in total. The van der Waals surface area contributed by atoms with Crippen LogP contribution in [0.15, 0.2) is 30.5 Å². The standard InChI is InChI=1S/C9H9NO.C2H6.H2/c1-11-8-2-3-9-7(6-8)4-5-10-9;1-2;/h2-6,10H,1H3;1-2H3;1H. The number of ether oxygens (including phenoxy) is 1. The van der Waals surface area contributed by atoms with Crippen molar-refractivity contribution in [1.29, 1.82) is 0 Å². The number of nitrogens with one attached hydrogen (secondary N) is 1. The Morgan fingerprint density at radius 1 is 1.23 bits per heavy atom. The molecule has 1 heterocycles. The highest BCUT2D eigenvalue weighted by Gasteiger charge is 1.94. The van der Waals surface area contributed by atoms with Crippen LogP contribution in [0.4, 0.5) is 0 Å². The predicted molar refractivity (Wildman–Crippen MR) is 58.3 cm³/mol. The molecule has 0 bridgehead atoms. The number of rotatable bonds is 1. The quantitative estimate of drug-likeness (QED) is 0.712. The Morgan fingerprint density at radius 3 is 2.69 bits per heavy atom. The van der Waals surface area contributed by atoms with Crippen LogP contribution in [0.2, 0.25) is 0 Å². The van der Waals surface area contributed by atoms with Crippen LogP contribution in [0.25, 0.3) is 10.9 Å². The molecule has 0 saturated carbocycles. The van der Waals surface area contributed by atoms with Gasteiger partial charge in [0.2, 0.25) is 0 Å². The van der Waals surface area contributed by atoms with Gasteiger partial charge in [0.15, 0.2) is 0 Å². The van der Waals surface area contributed by atoms with Crippen molar-refractivity contribution in [3.63, 3.8) is 0 Å². The zero-order valence-corrected chi connectivity index (χ0v) is 8.29. The second-order valence-electron chi connectivity index (χ2n) is 2.43. The van der Waals surface area contributed by atoms with Crippen LogP contribution in [0.3, 0.4) is 0 Å². The van der Waals surface area contributed by atoms with Crippen molar-refractivity contribution in [1.82, 2.24) is 4.98 Å². The van der Waals surface area contributed by atoms with Crippen molar-refractivity contribution in [3.05, 3.63) is 30.5 Å².